The first kappa shape index (κ1) is 33.1. The lowest BCUT2D eigenvalue weighted by Gasteiger charge is -2.33. The van der Waals surface area contributed by atoms with Gasteiger partial charge in [0.2, 0.25) is 0 Å². The molecule has 0 aliphatic carbocycles. The standard InChI is InChI=1S/C37H44N4O4S/c1-8-32-30(35(42)44-9-2)23-38-41(32)33-12-10-11-31(39-33)34-29(22-25(4)46-34)16-14-26-13-15-28(21-24(26)3)27-17-19-40(20-18-27)36(43)45-37(5,6)7/h10-16,21-23,27H,8-9,17-20H2,1-7H3. The van der Waals surface area contributed by atoms with Crippen LogP contribution in [-0.2, 0) is 15.9 Å². The Morgan fingerprint density at radius 3 is 2.43 bits per heavy atom. The number of hydrogen-bond donors (Lipinski definition) is 0. The van der Waals surface area contributed by atoms with Crippen molar-refractivity contribution in [3.05, 3.63) is 87.0 Å². The lowest BCUT2D eigenvalue weighted by Crippen LogP contribution is -2.41. The molecule has 3 aromatic heterocycles. The second kappa shape index (κ2) is 14.0. The minimum Gasteiger partial charge on any atom is -0.462 e. The number of aryl methyl sites for hydroxylation is 2. The van der Waals surface area contributed by atoms with Crippen LogP contribution in [0, 0.1) is 13.8 Å². The van der Waals surface area contributed by atoms with Gasteiger partial charge in [0, 0.05) is 18.0 Å². The van der Waals surface area contributed by atoms with E-state index in [0.29, 0.717) is 43.4 Å². The first-order chi connectivity index (χ1) is 22.0. The second-order valence-electron chi connectivity index (χ2n) is 12.7. The van der Waals surface area contributed by atoms with Gasteiger partial charge in [0.15, 0.2) is 5.82 Å². The number of ether oxygens (including phenoxy) is 2. The minimum atomic E-state index is -0.479. The van der Waals surface area contributed by atoms with Gasteiger partial charge in [-0.3, -0.25) is 0 Å². The molecular formula is C37H44N4O4S. The van der Waals surface area contributed by atoms with Gasteiger partial charge in [-0.2, -0.15) is 5.10 Å². The van der Waals surface area contributed by atoms with Crippen LogP contribution < -0.4 is 0 Å². The maximum absolute atomic E-state index is 12.5. The summed E-state index contributed by atoms with van der Waals surface area (Å²) in [6.07, 6.45) is 8.17. The summed E-state index contributed by atoms with van der Waals surface area (Å²) < 4.78 is 12.5. The molecule has 242 valence electrons. The lowest BCUT2D eigenvalue weighted by molar-refractivity contribution is 0.0204. The molecule has 1 aromatic carbocycles. The van der Waals surface area contributed by atoms with Crippen molar-refractivity contribution < 1.29 is 19.1 Å². The number of esters is 1. The quantitative estimate of drug-likeness (QED) is 0.179. The summed E-state index contributed by atoms with van der Waals surface area (Å²) in [7, 11) is 0. The molecule has 1 aliphatic rings. The van der Waals surface area contributed by atoms with E-state index in [2.05, 4.69) is 55.4 Å². The van der Waals surface area contributed by atoms with Crippen molar-refractivity contribution in [2.45, 2.75) is 79.2 Å². The number of likely N-dealkylation sites (tertiary alicyclic amines) is 1. The molecule has 0 radical (unpaired) electrons. The van der Waals surface area contributed by atoms with Crippen LogP contribution in [0.5, 0.6) is 0 Å². The van der Waals surface area contributed by atoms with Crippen LogP contribution in [0.2, 0.25) is 0 Å². The summed E-state index contributed by atoms with van der Waals surface area (Å²) in [4.78, 5) is 34.0. The maximum Gasteiger partial charge on any atom is 0.410 e. The van der Waals surface area contributed by atoms with Crippen molar-refractivity contribution in [1.82, 2.24) is 19.7 Å². The van der Waals surface area contributed by atoms with Crippen LogP contribution >= 0.6 is 11.3 Å². The van der Waals surface area contributed by atoms with Crippen molar-refractivity contribution in [3.8, 4) is 16.4 Å². The highest BCUT2D eigenvalue weighted by molar-refractivity contribution is 7.15. The van der Waals surface area contributed by atoms with Gasteiger partial charge in [-0.15, -0.1) is 11.3 Å². The van der Waals surface area contributed by atoms with E-state index in [4.69, 9.17) is 14.5 Å². The number of thiophene rings is 1. The number of nitrogens with zero attached hydrogens (tertiary/aromatic N) is 4. The smallest absolute Gasteiger partial charge is 0.410 e. The van der Waals surface area contributed by atoms with Gasteiger partial charge < -0.3 is 14.4 Å². The van der Waals surface area contributed by atoms with E-state index < -0.39 is 5.60 Å². The number of benzene rings is 1. The molecule has 4 heterocycles. The minimum absolute atomic E-state index is 0.220. The number of carbonyl (C=O) groups is 2. The van der Waals surface area contributed by atoms with Crippen LogP contribution in [0.1, 0.15) is 96.6 Å². The van der Waals surface area contributed by atoms with E-state index in [0.717, 1.165) is 34.7 Å². The first-order valence-corrected chi connectivity index (χ1v) is 16.9. The molecule has 0 bridgehead atoms. The fraction of sp³-hybridized carbons (Fsp3) is 0.405. The number of pyridine rings is 1. The third-order valence-corrected chi connectivity index (χ3v) is 9.21. The fourth-order valence-electron chi connectivity index (χ4n) is 5.86. The molecule has 1 fully saturated rings. The van der Waals surface area contributed by atoms with Crippen molar-refractivity contribution in [2.24, 2.45) is 0 Å². The Labute approximate surface area is 276 Å². The second-order valence-corrected chi connectivity index (χ2v) is 14.0. The predicted molar refractivity (Wildman–Crippen MR) is 185 cm³/mol. The topological polar surface area (TPSA) is 86.6 Å². The van der Waals surface area contributed by atoms with Crippen LogP contribution in [-0.4, -0.2) is 57.0 Å². The molecule has 1 amide bonds. The highest BCUT2D eigenvalue weighted by atomic mass is 32.1. The zero-order valence-corrected chi connectivity index (χ0v) is 28.7. The summed E-state index contributed by atoms with van der Waals surface area (Å²) in [5.74, 6) is 0.723. The first-order valence-electron chi connectivity index (χ1n) is 16.1. The van der Waals surface area contributed by atoms with E-state index in [1.165, 1.54) is 21.6 Å². The molecule has 0 spiro atoms. The summed E-state index contributed by atoms with van der Waals surface area (Å²) in [5, 5.41) is 4.49. The van der Waals surface area contributed by atoms with Crippen LogP contribution in [0.4, 0.5) is 4.79 Å². The Hall–Kier alpha value is -4.24. The van der Waals surface area contributed by atoms with E-state index in [1.54, 1.807) is 29.1 Å². The van der Waals surface area contributed by atoms with Gasteiger partial charge >= 0.3 is 12.1 Å². The van der Waals surface area contributed by atoms with Crippen molar-refractivity contribution >= 4 is 35.6 Å². The number of piperidine rings is 1. The van der Waals surface area contributed by atoms with Crippen LogP contribution in [0.3, 0.4) is 0 Å². The molecule has 0 saturated carbocycles. The molecule has 46 heavy (non-hydrogen) atoms. The molecule has 5 rings (SSSR count). The fourth-order valence-corrected chi connectivity index (χ4v) is 6.83. The zero-order chi connectivity index (χ0) is 33.0. The molecule has 0 N–H and O–H groups in total. The molecule has 0 atom stereocenters. The Morgan fingerprint density at radius 1 is 1.02 bits per heavy atom. The van der Waals surface area contributed by atoms with Crippen LogP contribution in [0.25, 0.3) is 28.5 Å². The Kier molecular flexibility index (Phi) is 10.1. The van der Waals surface area contributed by atoms with Gasteiger partial charge in [0.1, 0.15) is 11.2 Å². The number of rotatable bonds is 8. The molecule has 1 aliphatic heterocycles. The van der Waals surface area contributed by atoms with E-state index in [1.807, 2.05) is 50.8 Å². The molecule has 1 saturated heterocycles. The largest absolute Gasteiger partial charge is 0.462 e. The Morgan fingerprint density at radius 2 is 1.76 bits per heavy atom. The molecule has 4 aromatic rings. The van der Waals surface area contributed by atoms with Crippen molar-refractivity contribution in [2.75, 3.05) is 19.7 Å². The normalized spacial score (nSPS) is 14.2. The summed E-state index contributed by atoms with van der Waals surface area (Å²) in [6, 6.07) is 14.8. The van der Waals surface area contributed by atoms with E-state index >= 15 is 0 Å². The van der Waals surface area contributed by atoms with Crippen molar-refractivity contribution in [3.63, 3.8) is 0 Å². The highest BCUT2D eigenvalue weighted by Gasteiger charge is 2.27. The maximum atomic E-state index is 12.5. The van der Waals surface area contributed by atoms with Crippen LogP contribution in [0.15, 0.2) is 48.7 Å². The summed E-state index contributed by atoms with van der Waals surface area (Å²) in [6.45, 7) is 15.5. The number of carbonyl (C=O) groups excluding carboxylic acids is 2. The van der Waals surface area contributed by atoms with Crippen molar-refractivity contribution in [1.29, 1.82) is 0 Å². The zero-order valence-electron chi connectivity index (χ0n) is 27.9. The Balaban J connectivity index is 1.32. The van der Waals surface area contributed by atoms with Gasteiger partial charge in [-0.25, -0.2) is 19.3 Å². The molecule has 9 heteroatoms. The summed E-state index contributed by atoms with van der Waals surface area (Å²) in [5.41, 5.74) is 6.44. The number of amides is 1. The van der Waals surface area contributed by atoms with Gasteiger partial charge in [0.05, 0.1) is 29.1 Å². The highest BCUT2D eigenvalue weighted by Crippen LogP contribution is 2.34. The molecule has 0 unspecified atom stereocenters. The van der Waals surface area contributed by atoms with E-state index in [9.17, 15) is 9.59 Å². The summed E-state index contributed by atoms with van der Waals surface area (Å²) >= 11 is 1.71. The molecular weight excluding hydrogens is 596 g/mol. The monoisotopic (exact) mass is 640 g/mol. The van der Waals surface area contributed by atoms with Gasteiger partial charge in [-0.05, 0) is 107 Å². The average Bonchev–Trinajstić information content (AvgIpc) is 3.63. The number of hydrogen-bond acceptors (Lipinski definition) is 7. The Bertz CT molecular complexity index is 1740. The SMILES string of the molecule is CCOC(=O)c1cnn(-c2cccc(-c3sc(C)cc3C=Cc3ccc(C4CCN(C(=O)OC(C)(C)C)CC4)cc3C)n2)c1CC. The average molecular weight is 641 g/mol. The lowest BCUT2D eigenvalue weighted by atomic mass is 9.88. The third-order valence-electron chi connectivity index (χ3n) is 8.12. The van der Waals surface area contributed by atoms with Gasteiger partial charge in [0.25, 0.3) is 0 Å². The van der Waals surface area contributed by atoms with Gasteiger partial charge in [-0.1, -0.05) is 43.3 Å². The van der Waals surface area contributed by atoms with E-state index in [-0.39, 0.29) is 12.1 Å². The third kappa shape index (κ3) is 7.58. The number of aromatic nitrogens is 3. The molecule has 8 nitrogen and oxygen atoms in total. The predicted octanol–water partition coefficient (Wildman–Crippen LogP) is 8.64.